The lowest BCUT2D eigenvalue weighted by Crippen LogP contribution is -2.38. The van der Waals surface area contributed by atoms with Crippen molar-refractivity contribution in [2.24, 2.45) is 5.10 Å². The van der Waals surface area contributed by atoms with E-state index < -0.39 is 12.3 Å². The van der Waals surface area contributed by atoms with Gasteiger partial charge in [-0.15, -0.1) is 13.2 Å². The molecule has 2 nitrogen and oxygen atoms in total. The summed E-state index contributed by atoms with van der Waals surface area (Å²) in [4.78, 5) is 0. The van der Waals surface area contributed by atoms with Crippen LogP contribution in [0.3, 0.4) is 0 Å². The summed E-state index contributed by atoms with van der Waals surface area (Å²) in [7, 11) is 0. The van der Waals surface area contributed by atoms with Crippen molar-refractivity contribution in [3.05, 3.63) is 0 Å². The fraction of sp³-hybridized carbons (Fsp3) is 0.833. The van der Waals surface area contributed by atoms with Crippen molar-refractivity contribution < 1.29 is 13.2 Å². The molecule has 0 atom stereocenters. The van der Waals surface area contributed by atoms with Crippen molar-refractivity contribution in [2.45, 2.75) is 33.1 Å². The Kier molecular flexibility index (Phi) is 3.35. The minimum atomic E-state index is -4.37. The zero-order valence-corrected chi connectivity index (χ0v) is 6.68. The largest absolute Gasteiger partial charge is 0.500 e. The van der Waals surface area contributed by atoms with Crippen LogP contribution in [0.4, 0.5) is 13.2 Å². The van der Waals surface area contributed by atoms with Gasteiger partial charge in [-0.05, 0) is 20.8 Å². The molecule has 0 amide bonds. The summed E-state index contributed by atoms with van der Waals surface area (Å²) in [5, 5.41) is 3.28. The number of hydrogen-bond acceptors (Lipinski definition) is 2. The summed E-state index contributed by atoms with van der Waals surface area (Å²) < 4.78 is 35.9. The van der Waals surface area contributed by atoms with Gasteiger partial charge in [-0.2, -0.15) is 5.10 Å². The molecular weight excluding hydrogens is 157 g/mol. The van der Waals surface area contributed by atoms with Crippen molar-refractivity contribution in [3.63, 3.8) is 0 Å². The van der Waals surface area contributed by atoms with Gasteiger partial charge in [-0.1, -0.05) is 0 Å². The lowest BCUT2D eigenvalue weighted by molar-refractivity contribution is -0.255. The molecule has 0 aliphatic rings. The van der Waals surface area contributed by atoms with Gasteiger partial charge in [0.05, 0.1) is 6.04 Å². The molecule has 0 heterocycles. The van der Waals surface area contributed by atoms with Gasteiger partial charge in [0.15, 0.2) is 0 Å². The van der Waals surface area contributed by atoms with Crippen LogP contribution in [0, 0.1) is 0 Å². The van der Waals surface area contributed by atoms with E-state index in [1.54, 1.807) is 0 Å². The van der Waals surface area contributed by atoms with E-state index >= 15 is 0 Å². The van der Waals surface area contributed by atoms with E-state index in [0.29, 0.717) is 0 Å². The molecule has 11 heavy (non-hydrogen) atoms. The highest BCUT2D eigenvalue weighted by atomic mass is 19.4. The Morgan fingerprint density at radius 3 is 1.91 bits per heavy atom. The number of hydrogen-bond donors (Lipinski definition) is 0. The van der Waals surface area contributed by atoms with Gasteiger partial charge in [-0.3, -0.25) is 0 Å². The van der Waals surface area contributed by atoms with Crippen LogP contribution in [0.15, 0.2) is 5.10 Å². The van der Waals surface area contributed by atoms with Crippen LogP contribution in [0.2, 0.25) is 0 Å². The Morgan fingerprint density at radius 1 is 1.36 bits per heavy atom. The topological polar surface area (TPSA) is 15.6 Å². The summed E-state index contributed by atoms with van der Waals surface area (Å²) in [5.74, 6) is 0. The monoisotopic (exact) mass is 168 g/mol. The summed E-state index contributed by atoms with van der Waals surface area (Å²) in [6, 6.07) is -0.661. The highest BCUT2D eigenvalue weighted by molar-refractivity contribution is 5.52. The average Bonchev–Trinajstić information content (AvgIpc) is 1.79. The molecule has 0 aliphatic heterocycles. The predicted molar refractivity (Wildman–Crippen MR) is 37.2 cm³/mol. The molecule has 0 radical (unpaired) electrons. The molecule has 0 fully saturated rings. The van der Waals surface area contributed by atoms with E-state index in [2.05, 4.69) is 5.10 Å². The van der Waals surface area contributed by atoms with Crippen molar-refractivity contribution in [1.82, 2.24) is 5.01 Å². The number of nitrogens with zero attached hydrogens (tertiary/aromatic N) is 2. The fourth-order valence-corrected chi connectivity index (χ4v) is 0.616. The number of alkyl halides is 3. The molecule has 5 heteroatoms. The molecule has 0 saturated heterocycles. The summed E-state index contributed by atoms with van der Waals surface area (Å²) in [6.45, 7) is 4.31. The van der Waals surface area contributed by atoms with Crippen LogP contribution in [-0.4, -0.2) is 23.6 Å². The smallest absolute Gasteiger partial charge is 0.202 e. The second kappa shape index (κ2) is 3.59. The highest BCUT2D eigenvalue weighted by Crippen LogP contribution is 2.23. The van der Waals surface area contributed by atoms with E-state index in [0.717, 1.165) is 6.21 Å². The fourth-order valence-electron chi connectivity index (χ4n) is 0.616. The average molecular weight is 168 g/mol. The molecule has 66 valence electrons. The van der Waals surface area contributed by atoms with Gasteiger partial charge >= 0.3 is 6.30 Å². The number of hydrazone groups is 1. The van der Waals surface area contributed by atoms with E-state index in [4.69, 9.17) is 0 Å². The van der Waals surface area contributed by atoms with Gasteiger partial charge in [0.2, 0.25) is 0 Å². The van der Waals surface area contributed by atoms with Crippen molar-refractivity contribution >= 4 is 6.21 Å². The Hall–Kier alpha value is -0.740. The van der Waals surface area contributed by atoms with Crippen LogP contribution in [0.5, 0.6) is 0 Å². The first-order valence-electron chi connectivity index (χ1n) is 3.24. The Bertz CT molecular complexity index is 139. The first-order chi connectivity index (χ1) is 4.89. The highest BCUT2D eigenvalue weighted by Gasteiger charge is 2.38. The summed E-state index contributed by atoms with van der Waals surface area (Å²) in [5.41, 5.74) is 0. The Balaban J connectivity index is 4.35. The third-order valence-corrected chi connectivity index (χ3v) is 0.989. The maximum atomic E-state index is 12.0. The lowest BCUT2D eigenvalue weighted by Gasteiger charge is -2.24. The molecule has 0 N–H and O–H groups in total. The second-order valence-corrected chi connectivity index (χ2v) is 2.28. The minimum Gasteiger partial charge on any atom is -0.202 e. The molecule has 0 rings (SSSR count). The van der Waals surface area contributed by atoms with E-state index in [1.807, 2.05) is 0 Å². The van der Waals surface area contributed by atoms with Gasteiger partial charge in [0.25, 0.3) is 0 Å². The van der Waals surface area contributed by atoms with Crippen LogP contribution in [0.1, 0.15) is 20.8 Å². The first-order valence-corrected chi connectivity index (χ1v) is 3.24. The summed E-state index contributed by atoms with van der Waals surface area (Å²) >= 11 is 0. The van der Waals surface area contributed by atoms with Crippen molar-refractivity contribution in [3.8, 4) is 0 Å². The van der Waals surface area contributed by atoms with Crippen LogP contribution in [-0.2, 0) is 0 Å². The molecule has 0 aromatic carbocycles. The maximum absolute atomic E-state index is 12.0. The molecule has 0 unspecified atom stereocenters. The Morgan fingerprint density at radius 2 is 1.82 bits per heavy atom. The molecule has 0 spiro atoms. The molecule has 0 saturated carbocycles. The van der Waals surface area contributed by atoms with E-state index in [1.165, 1.54) is 20.8 Å². The number of rotatable bonds is 2. The van der Waals surface area contributed by atoms with Gasteiger partial charge < -0.3 is 0 Å². The third kappa shape index (κ3) is 3.25. The molecule has 0 bridgehead atoms. The SMILES string of the molecule is C/C=N\N(C(C)C)C(F)(F)F. The summed E-state index contributed by atoms with van der Waals surface area (Å²) in [6.07, 6.45) is -3.26. The van der Waals surface area contributed by atoms with Gasteiger partial charge in [0.1, 0.15) is 0 Å². The molecular formula is C6H11F3N2. The van der Waals surface area contributed by atoms with Crippen molar-refractivity contribution in [1.29, 1.82) is 0 Å². The minimum absolute atomic E-state index is 0.104. The van der Waals surface area contributed by atoms with Crippen molar-refractivity contribution in [2.75, 3.05) is 0 Å². The van der Waals surface area contributed by atoms with Crippen LogP contribution < -0.4 is 0 Å². The standard InChI is InChI=1S/C6H11F3N2/c1-4-10-11(5(2)3)6(7,8)9/h4-5H,1-3H3/b10-4-. The Labute approximate surface area is 63.7 Å². The van der Waals surface area contributed by atoms with Gasteiger partial charge in [0, 0.05) is 6.21 Å². The quantitative estimate of drug-likeness (QED) is 0.350. The second-order valence-electron chi connectivity index (χ2n) is 2.28. The zero-order valence-electron chi connectivity index (χ0n) is 6.68. The molecule has 0 aliphatic carbocycles. The van der Waals surface area contributed by atoms with Gasteiger partial charge in [-0.25, -0.2) is 5.01 Å². The van der Waals surface area contributed by atoms with Crippen LogP contribution in [0.25, 0.3) is 0 Å². The third-order valence-electron chi connectivity index (χ3n) is 0.989. The predicted octanol–water partition coefficient (Wildman–Crippen LogP) is 2.22. The molecule has 0 aromatic rings. The number of halogens is 3. The van der Waals surface area contributed by atoms with E-state index in [-0.39, 0.29) is 5.01 Å². The lowest BCUT2D eigenvalue weighted by atomic mass is 10.4. The maximum Gasteiger partial charge on any atom is 0.500 e. The zero-order chi connectivity index (χ0) is 9.07. The normalized spacial score (nSPS) is 13.0. The first kappa shape index (κ1) is 10.3. The van der Waals surface area contributed by atoms with Crippen LogP contribution >= 0.6 is 0 Å². The van der Waals surface area contributed by atoms with E-state index in [9.17, 15) is 13.2 Å². The molecule has 0 aromatic heterocycles.